The fourth-order valence-electron chi connectivity index (χ4n) is 5.51. The Morgan fingerprint density at radius 3 is 2.50 bits per heavy atom. The van der Waals surface area contributed by atoms with E-state index in [2.05, 4.69) is 5.32 Å². The number of thioether (sulfide) groups is 1. The number of nitrogens with one attached hydrogen (secondary N) is 1. The molecule has 2 saturated heterocycles. The highest BCUT2D eigenvalue weighted by Gasteiger charge is 2.57. The van der Waals surface area contributed by atoms with Gasteiger partial charge in [-0.2, -0.15) is 0 Å². The molecule has 4 atom stereocenters. The van der Waals surface area contributed by atoms with Crippen LogP contribution in [0.2, 0.25) is 0 Å². The molecule has 0 aromatic heterocycles. The number of fused-ring (bicyclic) bond motifs is 3. The monoisotopic (exact) mass is 477 g/mol. The molecule has 0 spiro atoms. The van der Waals surface area contributed by atoms with Crippen LogP contribution in [0.15, 0.2) is 54.6 Å². The number of urea groups is 1. The van der Waals surface area contributed by atoms with E-state index in [1.807, 2.05) is 61.5 Å². The van der Waals surface area contributed by atoms with Gasteiger partial charge in [-0.3, -0.25) is 14.5 Å². The Bertz CT molecular complexity index is 1060. The fourth-order valence-corrected chi connectivity index (χ4v) is 7.44. The third-order valence-corrected chi connectivity index (χ3v) is 8.99. The van der Waals surface area contributed by atoms with Crippen LogP contribution >= 0.6 is 11.8 Å². The third kappa shape index (κ3) is 4.58. The van der Waals surface area contributed by atoms with Gasteiger partial charge in [-0.05, 0) is 36.8 Å². The van der Waals surface area contributed by atoms with Crippen molar-refractivity contribution in [3.8, 4) is 0 Å². The van der Waals surface area contributed by atoms with Crippen molar-refractivity contribution in [3.63, 3.8) is 0 Å². The van der Waals surface area contributed by atoms with E-state index >= 15 is 0 Å². The largest absolute Gasteiger partial charge is 0.350 e. The van der Waals surface area contributed by atoms with Crippen molar-refractivity contribution in [3.05, 3.63) is 71.3 Å². The van der Waals surface area contributed by atoms with Crippen LogP contribution in [0.1, 0.15) is 42.4 Å². The summed E-state index contributed by atoms with van der Waals surface area (Å²) in [5, 5.41) is 3.06. The zero-order chi connectivity index (χ0) is 23.7. The Morgan fingerprint density at radius 1 is 1.00 bits per heavy atom. The van der Waals surface area contributed by atoms with E-state index < -0.39 is 0 Å². The number of amides is 4. The lowest BCUT2D eigenvalue weighted by Gasteiger charge is -2.43. The molecule has 4 unspecified atom stereocenters. The SMILES string of the molecule is Cc1ccc(CNC(=O)CN2C(=O)N(Cc3ccccc3)C(=O)C3SC4CCCCC4C32)cc1. The van der Waals surface area contributed by atoms with Gasteiger partial charge in [-0.15, -0.1) is 11.8 Å². The molecule has 2 aromatic rings. The zero-order valence-electron chi connectivity index (χ0n) is 19.5. The van der Waals surface area contributed by atoms with E-state index in [0.717, 1.165) is 30.4 Å². The highest BCUT2D eigenvalue weighted by Crippen LogP contribution is 2.50. The van der Waals surface area contributed by atoms with E-state index in [1.165, 1.54) is 16.9 Å². The third-order valence-electron chi connectivity index (χ3n) is 7.28. The van der Waals surface area contributed by atoms with Crippen LogP contribution < -0.4 is 5.32 Å². The van der Waals surface area contributed by atoms with Crippen molar-refractivity contribution in [1.29, 1.82) is 0 Å². The van der Waals surface area contributed by atoms with Gasteiger partial charge in [0.15, 0.2) is 0 Å². The molecule has 2 aliphatic heterocycles. The van der Waals surface area contributed by atoms with Crippen LogP contribution in [-0.2, 0) is 22.7 Å². The summed E-state index contributed by atoms with van der Waals surface area (Å²) in [5.74, 6) is -0.0130. The predicted molar refractivity (Wildman–Crippen MR) is 133 cm³/mol. The normalized spacial score (nSPS) is 26.3. The summed E-state index contributed by atoms with van der Waals surface area (Å²) in [5.41, 5.74) is 3.10. The number of carbonyl (C=O) groups is 3. The molecule has 7 heteroatoms. The Kier molecular flexibility index (Phi) is 6.63. The van der Waals surface area contributed by atoms with Crippen LogP contribution in [0.5, 0.6) is 0 Å². The van der Waals surface area contributed by atoms with Crippen molar-refractivity contribution >= 4 is 29.6 Å². The first-order chi connectivity index (χ1) is 16.5. The van der Waals surface area contributed by atoms with E-state index in [0.29, 0.717) is 11.8 Å². The van der Waals surface area contributed by atoms with E-state index in [-0.39, 0.29) is 48.1 Å². The first kappa shape index (κ1) is 23.0. The summed E-state index contributed by atoms with van der Waals surface area (Å²) in [6, 6.07) is 17.1. The van der Waals surface area contributed by atoms with Gasteiger partial charge in [0.2, 0.25) is 11.8 Å². The van der Waals surface area contributed by atoms with Crippen LogP contribution in [0, 0.1) is 12.8 Å². The number of hydrogen-bond donors (Lipinski definition) is 1. The Morgan fingerprint density at radius 2 is 1.74 bits per heavy atom. The number of rotatable bonds is 6. The molecule has 1 aliphatic carbocycles. The van der Waals surface area contributed by atoms with Crippen molar-refractivity contribution in [2.75, 3.05) is 6.54 Å². The molecule has 3 fully saturated rings. The first-order valence-electron chi connectivity index (χ1n) is 12.1. The summed E-state index contributed by atoms with van der Waals surface area (Å²) in [6.45, 7) is 2.66. The second-order valence-corrected chi connectivity index (χ2v) is 11.0. The van der Waals surface area contributed by atoms with Gasteiger partial charge < -0.3 is 10.2 Å². The molecule has 34 heavy (non-hydrogen) atoms. The minimum absolute atomic E-state index is 0.0196. The molecule has 3 aliphatic rings. The number of imide groups is 1. The van der Waals surface area contributed by atoms with Gasteiger partial charge in [-0.1, -0.05) is 73.0 Å². The van der Waals surface area contributed by atoms with Crippen LogP contribution in [0.4, 0.5) is 4.79 Å². The number of benzene rings is 2. The summed E-state index contributed by atoms with van der Waals surface area (Å²) in [6.07, 6.45) is 4.38. The van der Waals surface area contributed by atoms with E-state index in [4.69, 9.17) is 0 Å². The lowest BCUT2D eigenvalue weighted by atomic mass is 9.81. The maximum Gasteiger partial charge on any atom is 0.327 e. The standard InChI is InChI=1S/C27H31N3O3S/c1-18-11-13-19(14-12-18)15-28-23(31)17-29-24-21-9-5-6-10-22(21)34-25(24)26(32)30(27(29)33)16-20-7-3-2-4-8-20/h2-4,7-8,11-14,21-22,24-25H,5-6,9-10,15-17H2,1H3,(H,28,31). The molecular weight excluding hydrogens is 446 g/mol. The van der Waals surface area contributed by atoms with Crippen molar-refractivity contribution in [2.45, 2.75) is 62.2 Å². The first-order valence-corrected chi connectivity index (χ1v) is 13.1. The number of nitrogens with zero attached hydrogens (tertiary/aromatic N) is 2. The maximum atomic E-state index is 13.6. The predicted octanol–water partition coefficient (Wildman–Crippen LogP) is 4.12. The number of carbonyl (C=O) groups excluding carboxylic acids is 3. The smallest absolute Gasteiger partial charge is 0.327 e. The average Bonchev–Trinajstić information content (AvgIpc) is 3.24. The van der Waals surface area contributed by atoms with E-state index in [1.54, 1.807) is 16.7 Å². The maximum absolute atomic E-state index is 13.6. The van der Waals surface area contributed by atoms with Gasteiger partial charge in [-0.25, -0.2) is 4.79 Å². The van der Waals surface area contributed by atoms with Crippen molar-refractivity contribution in [1.82, 2.24) is 15.1 Å². The molecule has 4 amide bonds. The fraction of sp³-hybridized carbons (Fsp3) is 0.444. The molecule has 178 valence electrons. The summed E-state index contributed by atoms with van der Waals surface area (Å²) < 4.78 is 0. The number of hydrogen-bond acceptors (Lipinski definition) is 4. The molecule has 1 saturated carbocycles. The average molecular weight is 478 g/mol. The number of aryl methyl sites for hydroxylation is 1. The lowest BCUT2D eigenvalue weighted by Crippen LogP contribution is -2.64. The lowest BCUT2D eigenvalue weighted by molar-refractivity contribution is -0.135. The molecule has 1 N–H and O–H groups in total. The molecule has 0 bridgehead atoms. The quantitative estimate of drug-likeness (QED) is 0.680. The molecule has 2 heterocycles. The highest BCUT2D eigenvalue weighted by atomic mass is 32.2. The molecule has 6 nitrogen and oxygen atoms in total. The van der Waals surface area contributed by atoms with Crippen LogP contribution in [0.3, 0.4) is 0 Å². The van der Waals surface area contributed by atoms with Crippen molar-refractivity contribution < 1.29 is 14.4 Å². The van der Waals surface area contributed by atoms with Crippen molar-refractivity contribution in [2.24, 2.45) is 5.92 Å². The Hall–Kier alpha value is -2.80. The minimum Gasteiger partial charge on any atom is -0.350 e. The summed E-state index contributed by atoms with van der Waals surface area (Å²) >= 11 is 1.73. The van der Waals surface area contributed by atoms with Gasteiger partial charge in [0, 0.05) is 11.8 Å². The van der Waals surface area contributed by atoms with Gasteiger partial charge in [0.25, 0.3) is 0 Å². The van der Waals surface area contributed by atoms with Crippen LogP contribution in [0.25, 0.3) is 0 Å². The minimum atomic E-state index is -0.340. The molecule has 0 radical (unpaired) electrons. The molecule has 5 rings (SSSR count). The van der Waals surface area contributed by atoms with Gasteiger partial charge in [0.05, 0.1) is 12.6 Å². The molecular formula is C27H31N3O3S. The Labute approximate surface area is 205 Å². The van der Waals surface area contributed by atoms with Gasteiger partial charge in [0.1, 0.15) is 11.8 Å². The molecule has 2 aromatic carbocycles. The Balaban J connectivity index is 1.35. The summed E-state index contributed by atoms with van der Waals surface area (Å²) in [7, 11) is 0. The second kappa shape index (κ2) is 9.82. The van der Waals surface area contributed by atoms with Gasteiger partial charge >= 0.3 is 6.03 Å². The topological polar surface area (TPSA) is 69.7 Å². The highest BCUT2D eigenvalue weighted by molar-refractivity contribution is 8.01. The zero-order valence-corrected chi connectivity index (χ0v) is 20.3. The van der Waals surface area contributed by atoms with Crippen LogP contribution in [-0.4, -0.2) is 50.7 Å². The second-order valence-electron chi connectivity index (χ2n) is 9.62. The van der Waals surface area contributed by atoms with E-state index in [9.17, 15) is 14.4 Å². The summed E-state index contributed by atoms with van der Waals surface area (Å²) in [4.78, 5) is 43.2.